The number of aliphatic hydroxyl groups excluding tert-OH is 1. The first-order valence-corrected chi connectivity index (χ1v) is 9.76. The molecule has 3 N–H and O–H groups in total. The molecule has 152 valence electrons. The number of nitrogens with one attached hydrogen (secondary N) is 2. The molecule has 0 bridgehead atoms. The van der Waals surface area contributed by atoms with Gasteiger partial charge in [0.2, 0.25) is 5.95 Å². The van der Waals surface area contributed by atoms with E-state index in [9.17, 15) is 5.11 Å². The molecule has 0 radical (unpaired) electrons. The Morgan fingerprint density at radius 1 is 1.03 bits per heavy atom. The molecule has 2 aromatic heterocycles. The van der Waals surface area contributed by atoms with E-state index in [0.717, 1.165) is 17.1 Å². The molecule has 0 saturated carbocycles. The molecule has 3 aromatic rings. The number of rotatable bonds is 9. The summed E-state index contributed by atoms with van der Waals surface area (Å²) in [6.07, 6.45) is 1.73. The van der Waals surface area contributed by atoms with Crippen molar-refractivity contribution in [3.63, 3.8) is 0 Å². The summed E-state index contributed by atoms with van der Waals surface area (Å²) >= 11 is 0. The van der Waals surface area contributed by atoms with Crippen molar-refractivity contribution in [3.8, 4) is 17.1 Å². The normalized spacial score (nSPS) is 11.9. The van der Waals surface area contributed by atoms with Gasteiger partial charge in [-0.05, 0) is 49.2 Å². The quantitative estimate of drug-likeness (QED) is 0.504. The molecule has 1 aromatic carbocycles. The van der Waals surface area contributed by atoms with Crippen molar-refractivity contribution in [3.05, 3.63) is 54.7 Å². The predicted octanol–water partition coefficient (Wildman–Crippen LogP) is 4.11. The zero-order chi connectivity index (χ0) is 20.6. The van der Waals surface area contributed by atoms with Crippen molar-refractivity contribution in [1.29, 1.82) is 0 Å². The second-order valence-electron chi connectivity index (χ2n) is 6.94. The molecule has 0 fully saturated rings. The van der Waals surface area contributed by atoms with E-state index in [0.29, 0.717) is 24.1 Å². The van der Waals surface area contributed by atoms with Gasteiger partial charge < -0.3 is 20.5 Å². The highest BCUT2D eigenvalue weighted by atomic mass is 16.5. The van der Waals surface area contributed by atoms with Gasteiger partial charge in [0.25, 0.3) is 0 Å². The molecule has 29 heavy (non-hydrogen) atoms. The van der Waals surface area contributed by atoms with Gasteiger partial charge >= 0.3 is 0 Å². The summed E-state index contributed by atoms with van der Waals surface area (Å²) < 4.78 is 5.49. The first-order chi connectivity index (χ1) is 14.1. The lowest BCUT2D eigenvalue weighted by atomic mass is 10.1. The number of ether oxygens (including phenoxy) is 1. The molecule has 0 spiro atoms. The molecule has 0 aliphatic rings. The summed E-state index contributed by atoms with van der Waals surface area (Å²) in [6, 6.07) is 15.1. The van der Waals surface area contributed by atoms with Crippen molar-refractivity contribution < 1.29 is 9.84 Å². The summed E-state index contributed by atoms with van der Waals surface area (Å²) in [4.78, 5) is 13.6. The van der Waals surface area contributed by atoms with Crippen LogP contribution in [-0.2, 0) is 0 Å². The monoisotopic (exact) mass is 393 g/mol. The van der Waals surface area contributed by atoms with E-state index in [4.69, 9.17) is 4.74 Å². The number of hydrogen-bond donors (Lipinski definition) is 3. The Morgan fingerprint density at radius 2 is 1.83 bits per heavy atom. The van der Waals surface area contributed by atoms with Crippen LogP contribution in [0.4, 0.5) is 17.5 Å². The Kier molecular flexibility index (Phi) is 6.97. The van der Waals surface area contributed by atoms with E-state index in [-0.39, 0.29) is 18.6 Å². The van der Waals surface area contributed by atoms with Crippen molar-refractivity contribution in [1.82, 2.24) is 15.0 Å². The third-order valence-corrected chi connectivity index (χ3v) is 4.41. The largest absolute Gasteiger partial charge is 0.494 e. The van der Waals surface area contributed by atoms with Gasteiger partial charge in [-0.25, -0.2) is 4.98 Å². The summed E-state index contributed by atoms with van der Waals surface area (Å²) in [7, 11) is 0. The van der Waals surface area contributed by atoms with Crippen molar-refractivity contribution in [2.24, 2.45) is 5.92 Å². The first-order valence-electron chi connectivity index (χ1n) is 9.76. The third-order valence-electron chi connectivity index (χ3n) is 4.41. The Balaban J connectivity index is 1.91. The fourth-order valence-corrected chi connectivity index (χ4v) is 2.76. The lowest BCUT2D eigenvalue weighted by molar-refractivity contribution is 0.248. The number of anilines is 3. The molecule has 0 aliphatic heterocycles. The SMILES string of the molecule is CCOc1ccc(Nc2cc(-c3ccccn3)nc(N[C@H](CO)C(C)C)n2)cc1. The second kappa shape index (κ2) is 9.84. The molecule has 0 aliphatic carbocycles. The van der Waals surface area contributed by atoms with Crippen LogP contribution in [0.25, 0.3) is 11.4 Å². The number of nitrogens with zero attached hydrogens (tertiary/aromatic N) is 3. The van der Waals surface area contributed by atoms with Gasteiger partial charge in [0, 0.05) is 18.0 Å². The van der Waals surface area contributed by atoms with Gasteiger partial charge in [-0.1, -0.05) is 19.9 Å². The summed E-state index contributed by atoms with van der Waals surface area (Å²) in [6.45, 7) is 6.65. The van der Waals surface area contributed by atoms with Crippen LogP contribution in [0.15, 0.2) is 54.7 Å². The minimum absolute atomic E-state index is 0.00348. The van der Waals surface area contributed by atoms with E-state index in [1.807, 2.05) is 69.3 Å². The minimum atomic E-state index is -0.146. The first kappa shape index (κ1) is 20.5. The van der Waals surface area contributed by atoms with Crippen LogP contribution in [0.1, 0.15) is 20.8 Å². The lowest BCUT2D eigenvalue weighted by Crippen LogP contribution is -2.30. The highest BCUT2D eigenvalue weighted by molar-refractivity contribution is 5.65. The molecule has 0 unspecified atom stereocenters. The number of hydrogen-bond acceptors (Lipinski definition) is 7. The molecule has 7 heteroatoms. The molecule has 2 heterocycles. The predicted molar refractivity (Wildman–Crippen MR) is 115 cm³/mol. The van der Waals surface area contributed by atoms with Gasteiger partial charge in [0.15, 0.2) is 0 Å². The molecule has 0 amide bonds. The van der Waals surface area contributed by atoms with Gasteiger partial charge in [0.05, 0.1) is 30.6 Å². The molecule has 1 atom stereocenters. The molecule has 3 rings (SSSR count). The highest BCUT2D eigenvalue weighted by Crippen LogP contribution is 2.24. The van der Waals surface area contributed by atoms with Gasteiger partial charge in [-0.3, -0.25) is 4.98 Å². The Labute approximate surface area is 171 Å². The molecular weight excluding hydrogens is 366 g/mol. The van der Waals surface area contributed by atoms with Crippen LogP contribution in [0.2, 0.25) is 0 Å². The maximum Gasteiger partial charge on any atom is 0.225 e. The maximum atomic E-state index is 9.66. The Morgan fingerprint density at radius 3 is 2.45 bits per heavy atom. The minimum Gasteiger partial charge on any atom is -0.494 e. The lowest BCUT2D eigenvalue weighted by Gasteiger charge is -2.20. The van der Waals surface area contributed by atoms with E-state index >= 15 is 0 Å². The zero-order valence-electron chi connectivity index (χ0n) is 17.0. The van der Waals surface area contributed by atoms with E-state index in [2.05, 4.69) is 25.6 Å². The summed E-state index contributed by atoms with van der Waals surface area (Å²) in [5.74, 6) is 2.12. The number of aromatic nitrogens is 3. The van der Waals surface area contributed by atoms with E-state index in [1.165, 1.54) is 0 Å². The zero-order valence-corrected chi connectivity index (χ0v) is 17.0. The average molecular weight is 393 g/mol. The van der Waals surface area contributed by atoms with E-state index < -0.39 is 0 Å². The van der Waals surface area contributed by atoms with Gasteiger partial charge in [-0.2, -0.15) is 4.98 Å². The van der Waals surface area contributed by atoms with Crippen LogP contribution in [0.3, 0.4) is 0 Å². The molecule has 7 nitrogen and oxygen atoms in total. The highest BCUT2D eigenvalue weighted by Gasteiger charge is 2.15. The standard InChI is InChI=1S/C22H27N5O2/c1-4-29-17-10-8-16(9-11-17)24-21-13-19(18-7-5-6-12-23-18)25-22(27-21)26-20(14-28)15(2)3/h5-13,15,20,28H,4,14H2,1-3H3,(H2,24,25,26,27)/t20-/m1/s1. The van der Waals surface area contributed by atoms with Crippen molar-refractivity contribution in [2.45, 2.75) is 26.8 Å². The Hall–Kier alpha value is -3.19. The van der Waals surface area contributed by atoms with Crippen LogP contribution in [0, 0.1) is 5.92 Å². The topological polar surface area (TPSA) is 92.2 Å². The van der Waals surface area contributed by atoms with Gasteiger partial charge in [0.1, 0.15) is 11.6 Å². The van der Waals surface area contributed by atoms with Gasteiger partial charge in [-0.15, -0.1) is 0 Å². The fourth-order valence-electron chi connectivity index (χ4n) is 2.76. The second-order valence-corrected chi connectivity index (χ2v) is 6.94. The third kappa shape index (κ3) is 5.65. The molecular formula is C22H27N5O2. The van der Waals surface area contributed by atoms with Crippen LogP contribution in [0.5, 0.6) is 5.75 Å². The average Bonchev–Trinajstić information content (AvgIpc) is 2.74. The van der Waals surface area contributed by atoms with Crippen LogP contribution >= 0.6 is 0 Å². The number of aliphatic hydroxyl groups is 1. The van der Waals surface area contributed by atoms with E-state index in [1.54, 1.807) is 6.20 Å². The number of pyridine rings is 1. The van der Waals surface area contributed by atoms with Crippen LogP contribution < -0.4 is 15.4 Å². The van der Waals surface area contributed by atoms with Crippen LogP contribution in [-0.4, -0.2) is 39.3 Å². The van der Waals surface area contributed by atoms with Crippen molar-refractivity contribution >= 4 is 17.5 Å². The maximum absolute atomic E-state index is 9.66. The Bertz CT molecular complexity index is 901. The summed E-state index contributed by atoms with van der Waals surface area (Å²) in [5.41, 5.74) is 2.32. The van der Waals surface area contributed by atoms with Crippen molar-refractivity contribution in [2.75, 3.05) is 23.8 Å². The number of benzene rings is 1. The smallest absolute Gasteiger partial charge is 0.225 e. The fraction of sp³-hybridized carbons (Fsp3) is 0.318. The molecule has 0 saturated heterocycles. The summed E-state index contributed by atoms with van der Waals surface area (Å²) in [5, 5.41) is 16.2.